The highest BCUT2D eigenvalue weighted by molar-refractivity contribution is 5.01. The molecule has 0 aromatic carbocycles. The number of aliphatic hydroxyl groups excluding tert-OH is 1. The van der Waals surface area contributed by atoms with Crippen LogP contribution in [0.2, 0.25) is 0 Å². The van der Waals surface area contributed by atoms with Gasteiger partial charge in [0.15, 0.2) is 0 Å². The molecule has 0 amide bonds. The monoisotopic (exact) mass is 181 g/mol. The van der Waals surface area contributed by atoms with Gasteiger partial charge in [-0.25, -0.2) is 0 Å². The number of aliphatic hydroxyl groups is 1. The average Bonchev–Trinajstić information content (AvgIpc) is 2.88. The normalized spacial score (nSPS) is 20.7. The largest absolute Gasteiger partial charge is 0.396 e. The summed E-state index contributed by atoms with van der Waals surface area (Å²) in [4.78, 5) is 0. The molecule has 1 rings (SSSR count). The van der Waals surface area contributed by atoms with Crippen LogP contribution in [-0.4, -0.2) is 24.3 Å². The third-order valence-electron chi connectivity index (χ3n) is 2.93. The first-order valence-electron chi connectivity index (χ1n) is 5.07. The molecule has 1 atom stereocenters. The standard InChI is InChI=1S/C11H19NO/c1-3-10(4-2)12-9-11(5-6-11)7-8-13/h1,10,12-13H,4-9H2,2H3. The van der Waals surface area contributed by atoms with Gasteiger partial charge in [0.2, 0.25) is 0 Å². The van der Waals surface area contributed by atoms with Crippen molar-refractivity contribution in [2.75, 3.05) is 13.2 Å². The lowest BCUT2D eigenvalue weighted by molar-refractivity contribution is 0.244. The van der Waals surface area contributed by atoms with Crippen molar-refractivity contribution >= 4 is 0 Å². The summed E-state index contributed by atoms with van der Waals surface area (Å²) in [5.74, 6) is 2.72. The molecule has 1 fully saturated rings. The fourth-order valence-corrected chi connectivity index (χ4v) is 1.59. The van der Waals surface area contributed by atoms with Crippen LogP contribution in [0.15, 0.2) is 0 Å². The first-order chi connectivity index (χ1) is 6.26. The fraction of sp³-hybridized carbons (Fsp3) is 0.818. The van der Waals surface area contributed by atoms with Crippen LogP contribution in [0.1, 0.15) is 32.6 Å². The van der Waals surface area contributed by atoms with Gasteiger partial charge in [-0.3, -0.25) is 0 Å². The van der Waals surface area contributed by atoms with Crippen LogP contribution in [0.4, 0.5) is 0 Å². The maximum atomic E-state index is 8.85. The minimum absolute atomic E-state index is 0.205. The van der Waals surface area contributed by atoms with Crippen molar-refractivity contribution in [1.82, 2.24) is 5.32 Å². The third kappa shape index (κ3) is 3.02. The molecule has 0 radical (unpaired) electrons. The average molecular weight is 181 g/mol. The number of rotatable bonds is 6. The Morgan fingerprint density at radius 2 is 2.31 bits per heavy atom. The van der Waals surface area contributed by atoms with Gasteiger partial charge >= 0.3 is 0 Å². The van der Waals surface area contributed by atoms with Gasteiger partial charge in [0.05, 0.1) is 6.04 Å². The number of nitrogens with one attached hydrogen (secondary N) is 1. The third-order valence-corrected chi connectivity index (χ3v) is 2.93. The zero-order valence-corrected chi connectivity index (χ0v) is 8.34. The molecule has 1 unspecified atom stereocenters. The Bertz CT molecular complexity index is 191. The van der Waals surface area contributed by atoms with E-state index in [1.54, 1.807) is 0 Å². The SMILES string of the molecule is C#CC(CC)NCC1(CCO)CC1. The Morgan fingerprint density at radius 3 is 2.69 bits per heavy atom. The summed E-state index contributed by atoms with van der Waals surface area (Å²) in [6.45, 7) is 3.36. The Kier molecular flexibility index (Phi) is 3.77. The molecule has 1 aliphatic rings. The molecule has 1 aliphatic carbocycles. The van der Waals surface area contributed by atoms with Crippen molar-refractivity contribution in [1.29, 1.82) is 0 Å². The molecular formula is C11H19NO. The van der Waals surface area contributed by atoms with E-state index in [4.69, 9.17) is 11.5 Å². The van der Waals surface area contributed by atoms with Crippen LogP contribution < -0.4 is 5.32 Å². The van der Waals surface area contributed by atoms with Gasteiger partial charge in [0.1, 0.15) is 0 Å². The highest BCUT2D eigenvalue weighted by atomic mass is 16.3. The summed E-state index contributed by atoms with van der Waals surface area (Å²) in [5.41, 5.74) is 0.374. The molecule has 0 bridgehead atoms. The summed E-state index contributed by atoms with van der Waals surface area (Å²) in [7, 11) is 0. The topological polar surface area (TPSA) is 32.3 Å². The minimum atomic E-state index is 0.205. The molecule has 0 aromatic rings. The smallest absolute Gasteiger partial charge is 0.0684 e. The molecule has 2 N–H and O–H groups in total. The van der Waals surface area contributed by atoms with E-state index in [-0.39, 0.29) is 6.04 Å². The van der Waals surface area contributed by atoms with E-state index in [1.807, 2.05) is 0 Å². The van der Waals surface area contributed by atoms with E-state index in [0.717, 1.165) is 19.4 Å². The second-order valence-electron chi connectivity index (χ2n) is 3.98. The maximum Gasteiger partial charge on any atom is 0.0684 e. The lowest BCUT2D eigenvalue weighted by Gasteiger charge is -2.17. The predicted octanol–water partition coefficient (Wildman–Crippen LogP) is 1.15. The van der Waals surface area contributed by atoms with Gasteiger partial charge in [0.25, 0.3) is 0 Å². The second kappa shape index (κ2) is 4.64. The van der Waals surface area contributed by atoms with E-state index in [1.165, 1.54) is 12.8 Å². The molecule has 1 saturated carbocycles. The summed E-state index contributed by atoms with van der Waals surface area (Å²) >= 11 is 0. The van der Waals surface area contributed by atoms with E-state index in [2.05, 4.69) is 18.2 Å². The van der Waals surface area contributed by atoms with Gasteiger partial charge < -0.3 is 10.4 Å². The molecule has 13 heavy (non-hydrogen) atoms. The van der Waals surface area contributed by atoms with Gasteiger partial charge in [-0.1, -0.05) is 12.8 Å². The fourth-order valence-electron chi connectivity index (χ4n) is 1.59. The second-order valence-corrected chi connectivity index (χ2v) is 3.98. The van der Waals surface area contributed by atoms with Crippen LogP contribution in [-0.2, 0) is 0 Å². The first kappa shape index (κ1) is 10.6. The Hall–Kier alpha value is -0.520. The van der Waals surface area contributed by atoms with Crippen LogP contribution in [0, 0.1) is 17.8 Å². The van der Waals surface area contributed by atoms with Crippen molar-refractivity contribution in [3.63, 3.8) is 0 Å². The number of hydrogen-bond acceptors (Lipinski definition) is 2. The number of terminal acetylenes is 1. The van der Waals surface area contributed by atoms with Crippen molar-refractivity contribution in [2.24, 2.45) is 5.41 Å². The Balaban J connectivity index is 2.22. The minimum Gasteiger partial charge on any atom is -0.396 e. The van der Waals surface area contributed by atoms with E-state index in [9.17, 15) is 0 Å². The van der Waals surface area contributed by atoms with E-state index >= 15 is 0 Å². The van der Waals surface area contributed by atoms with Crippen LogP contribution >= 0.6 is 0 Å². The van der Waals surface area contributed by atoms with Crippen molar-refractivity contribution in [3.05, 3.63) is 0 Å². The van der Waals surface area contributed by atoms with Crippen LogP contribution in [0.5, 0.6) is 0 Å². The molecule has 0 spiro atoms. The molecule has 2 nitrogen and oxygen atoms in total. The molecule has 0 saturated heterocycles. The molecule has 0 aliphatic heterocycles. The maximum absolute atomic E-state index is 8.85. The zero-order valence-electron chi connectivity index (χ0n) is 8.34. The Labute approximate surface area is 80.7 Å². The molecule has 2 heteroatoms. The molecule has 74 valence electrons. The van der Waals surface area contributed by atoms with Gasteiger partial charge in [-0.15, -0.1) is 6.42 Å². The van der Waals surface area contributed by atoms with Gasteiger partial charge in [-0.2, -0.15) is 0 Å². The lowest BCUT2D eigenvalue weighted by Crippen LogP contribution is -2.33. The lowest BCUT2D eigenvalue weighted by atomic mass is 10.0. The summed E-state index contributed by atoms with van der Waals surface area (Å²) in [5, 5.41) is 12.2. The zero-order chi connectivity index (χ0) is 9.73. The quantitative estimate of drug-likeness (QED) is 0.602. The molecular weight excluding hydrogens is 162 g/mol. The van der Waals surface area contributed by atoms with Gasteiger partial charge in [0, 0.05) is 13.2 Å². The predicted molar refractivity (Wildman–Crippen MR) is 54.3 cm³/mol. The summed E-state index contributed by atoms with van der Waals surface area (Å²) < 4.78 is 0. The molecule has 0 heterocycles. The number of hydrogen-bond donors (Lipinski definition) is 2. The van der Waals surface area contributed by atoms with Crippen molar-refractivity contribution < 1.29 is 5.11 Å². The molecule has 0 aromatic heterocycles. The van der Waals surface area contributed by atoms with E-state index in [0.29, 0.717) is 12.0 Å². The van der Waals surface area contributed by atoms with E-state index < -0.39 is 0 Å². The highest BCUT2D eigenvalue weighted by Crippen LogP contribution is 2.47. The van der Waals surface area contributed by atoms with Gasteiger partial charge in [-0.05, 0) is 31.1 Å². The summed E-state index contributed by atoms with van der Waals surface area (Å²) in [6, 6.07) is 0.205. The highest BCUT2D eigenvalue weighted by Gasteiger charge is 2.41. The van der Waals surface area contributed by atoms with Crippen molar-refractivity contribution in [3.8, 4) is 12.3 Å². The summed E-state index contributed by atoms with van der Waals surface area (Å²) in [6.07, 6.45) is 9.72. The first-order valence-corrected chi connectivity index (χ1v) is 5.07. The Morgan fingerprint density at radius 1 is 1.62 bits per heavy atom. The van der Waals surface area contributed by atoms with Crippen LogP contribution in [0.25, 0.3) is 0 Å². The van der Waals surface area contributed by atoms with Crippen LogP contribution in [0.3, 0.4) is 0 Å². The van der Waals surface area contributed by atoms with Crippen molar-refractivity contribution in [2.45, 2.75) is 38.6 Å².